The number of hydrogen-bond donors (Lipinski definition) is 0. The molecule has 7 nitrogen and oxygen atoms in total. The van der Waals surface area contributed by atoms with Crippen LogP contribution in [0.3, 0.4) is 0 Å². The molecule has 1 aromatic carbocycles. The Morgan fingerprint density at radius 2 is 1.52 bits per heavy atom. The third kappa shape index (κ3) is 4.04. The smallest absolute Gasteiger partial charge is 0.320 e. The van der Waals surface area contributed by atoms with Gasteiger partial charge in [0.25, 0.3) is 5.91 Å². The first kappa shape index (κ1) is 17.5. The summed E-state index contributed by atoms with van der Waals surface area (Å²) in [6, 6.07) is 7.70. The minimum absolute atomic E-state index is 0.0298. The summed E-state index contributed by atoms with van der Waals surface area (Å²) < 4.78 is 5.29. The number of benzene rings is 1. The van der Waals surface area contributed by atoms with Gasteiger partial charge in [-0.3, -0.25) is 4.79 Å². The van der Waals surface area contributed by atoms with Gasteiger partial charge in [-0.1, -0.05) is 6.07 Å². The second-order valence-electron chi connectivity index (χ2n) is 6.61. The molecule has 0 aliphatic carbocycles. The number of carbonyl (C=O) groups excluding carboxylic acids is 2. The van der Waals surface area contributed by atoms with Crippen LogP contribution >= 0.6 is 0 Å². The Balaban J connectivity index is 1.57. The summed E-state index contributed by atoms with van der Waals surface area (Å²) in [6.07, 6.45) is 0. The molecule has 0 unspecified atom stereocenters. The number of anilines is 1. The molecule has 2 heterocycles. The molecule has 3 amide bonds. The highest BCUT2D eigenvalue weighted by Crippen LogP contribution is 2.16. The number of carbonyl (C=O) groups is 2. The topological polar surface area (TPSA) is 56.3 Å². The van der Waals surface area contributed by atoms with Crippen LogP contribution in [0.25, 0.3) is 0 Å². The van der Waals surface area contributed by atoms with E-state index in [2.05, 4.69) is 0 Å². The molecule has 2 saturated heterocycles. The molecule has 1 aromatic rings. The van der Waals surface area contributed by atoms with Crippen molar-refractivity contribution >= 4 is 17.6 Å². The fraction of sp³-hybridized carbons (Fsp3) is 0.556. The minimum Gasteiger partial charge on any atom is -0.378 e. The van der Waals surface area contributed by atoms with Gasteiger partial charge in [0.1, 0.15) is 0 Å². The van der Waals surface area contributed by atoms with Gasteiger partial charge < -0.3 is 24.3 Å². The number of ether oxygens (including phenoxy) is 1. The highest BCUT2D eigenvalue weighted by molar-refractivity contribution is 5.95. The maximum atomic E-state index is 12.7. The van der Waals surface area contributed by atoms with E-state index in [0.29, 0.717) is 58.0 Å². The fourth-order valence-electron chi connectivity index (χ4n) is 3.16. The van der Waals surface area contributed by atoms with Crippen molar-refractivity contribution < 1.29 is 14.3 Å². The Labute approximate surface area is 148 Å². The van der Waals surface area contributed by atoms with E-state index >= 15 is 0 Å². The maximum absolute atomic E-state index is 12.7. The normalized spacial score (nSPS) is 18.2. The largest absolute Gasteiger partial charge is 0.378 e. The van der Waals surface area contributed by atoms with Gasteiger partial charge in [0, 0.05) is 64.6 Å². The summed E-state index contributed by atoms with van der Waals surface area (Å²) in [5, 5.41) is 0. The molecule has 7 heteroatoms. The lowest BCUT2D eigenvalue weighted by Crippen LogP contribution is -2.55. The highest BCUT2D eigenvalue weighted by Gasteiger charge is 2.28. The van der Waals surface area contributed by atoms with Crippen molar-refractivity contribution in [3.05, 3.63) is 29.8 Å². The molecule has 0 saturated carbocycles. The molecule has 0 radical (unpaired) electrons. The third-order valence-electron chi connectivity index (χ3n) is 4.73. The number of urea groups is 1. The van der Waals surface area contributed by atoms with Crippen molar-refractivity contribution in [3.63, 3.8) is 0 Å². The third-order valence-corrected chi connectivity index (χ3v) is 4.73. The highest BCUT2D eigenvalue weighted by atomic mass is 16.5. The zero-order chi connectivity index (χ0) is 17.8. The van der Waals surface area contributed by atoms with Gasteiger partial charge in [0.15, 0.2) is 0 Å². The molecule has 25 heavy (non-hydrogen) atoms. The summed E-state index contributed by atoms with van der Waals surface area (Å²) >= 11 is 0. The zero-order valence-corrected chi connectivity index (χ0v) is 15.0. The summed E-state index contributed by atoms with van der Waals surface area (Å²) in [7, 11) is 3.92. The molecular formula is C18H26N4O3. The molecule has 0 spiro atoms. The quantitative estimate of drug-likeness (QED) is 0.801. The predicted molar refractivity (Wildman–Crippen MR) is 96.0 cm³/mol. The fourth-order valence-corrected chi connectivity index (χ4v) is 3.16. The summed E-state index contributed by atoms with van der Waals surface area (Å²) in [5.41, 5.74) is 1.70. The molecule has 0 atom stereocenters. The molecule has 136 valence electrons. The Morgan fingerprint density at radius 3 is 2.16 bits per heavy atom. The van der Waals surface area contributed by atoms with Crippen LogP contribution in [0.5, 0.6) is 0 Å². The van der Waals surface area contributed by atoms with Gasteiger partial charge in [0.05, 0.1) is 13.2 Å². The molecule has 2 aliphatic rings. The molecular weight excluding hydrogens is 320 g/mol. The first-order valence-electron chi connectivity index (χ1n) is 8.74. The lowest BCUT2D eigenvalue weighted by Gasteiger charge is -2.38. The molecule has 0 bridgehead atoms. The Hall–Kier alpha value is -2.28. The van der Waals surface area contributed by atoms with Crippen LogP contribution in [0.2, 0.25) is 0 Å². The first-order valence-corrected chi connectivity index (χ1v) is 8.74. The van der Waals surface area contributed by atoms with Crippen molar-refractivity contribution in [1.82, 2.24) is 14.7 Å². The van der Waals surface area contributed by atoms with Gasteiger partial charge in [-0.05, 0) is 18.2 Å². The van der Waals surface area contributed by atoms with Crippen LogP contribution in [-0.2, 0) is 4.74 Å². The molecule has 0 N–H and O–H groups in total. The Bertz CT molecular complexity index is 621. The van der Waals surface area contributed by atoms with Crippen LogP contribution in [0, 0.1) is 0 Å². The van der Waals surface area contributed by atoms with Crippen molar-refractivity contribution in [2.75, 3.05) is 71.5 Å². The van der Waals surface area contributed by atoms with Gasteiger partial charge in [-0.25, -0.2) is 4.79 Å². The van der Waals surface area contributed by atoms with Crippen molar-refractivity contribution in [2.45, 2.75) is 0 Å². The second kappa shape index (κ2) is 7.74. The minimum atomic E-state index is 0.0298. The van der Waals surface area contributed by atoms with Gasteiger partial charge in [0.2, 0.25) is 0 Å². The summed E-state index contributed by atoms with van der Waals surface area (Å²) in [6.45, 7) is 4.80. The van der Waals surface area contributed by atoms with E-state index < -0.39 is 0 Å². The average molecular weight is 346 g/mol. The Morgan fingerprint density at radius 1 is 0.920 bits per heavy atom. The standard InChI is InChI=1S/C18H26N4O3/c1-19(2)16-5-3-4-15(14-16)17(23)20-6-8-21(9-7-20)18(24)22-10-12-25-13-11-22/h3-5,14H,6-13H2,1-2H3. The van der Waals surface area contributed by atoms with Crippen LogP contribution < -0.4 is 4.90 Å². The zero-order valence-electron chi connectivity index (χ0n) is 15.0. The van der Waals surface area contributed by atoms with Crippen LogP contribution in [0.1, 0.15) is 10.4 Å². The molecule has 3 rings (SSSR count). The van der Waals surface area contributed by atoms with Gasteiger partial charge in [-0.15, -0.1) is 0 Å². The van der Waals surface area contributed by atoms with Crippen LogP contribution in [-0.4, -0.2) is 93.2 Å². The van der Waals surface area contributed by atoms with Gasteiger partial charge >= 0.3 is 6.03 Å². The number of amides is 3. The van der Waals surface area contributed by atoms with E-state index in [1.807, 2.05) is 58.0 Å². The number of rotatable bonds is 2. The number of hydrogen-bond acceptors (Lipinski definition) is 4. The van der Waals surface area contributed by atoms with Crippen molar-refractivity contribution in [3.8, 4) is 0 Å². The van der Waals surface area contributed by atoms with Gasteiger partial charge in [-0.2, -0.15) is 0 Å². The van der Waals surface area contributed by atoms with E-state index in [0.717, 1.165) is 5.69 Å². The van der Waals surface area contributed by atoms with Crippen LogP contribution in [0.4, 0.5) is 10.5 Å². The lowest BCUT2D eigenvalue weighted by molar-refractivity contribution is 0.0362. The summed E-state index contributed by atoms with van der Waals surface area (Å²) in [4.78, 5) is 32.7. The van der Waals surface area contributed by atoms with E-state index in [1.165, 1.54) is 0 Å². The van der Waals surface area contributed by atoms with Crippen molar-refractivity contribution in [1.29, 1.82) is 0 Å². The number of morpholine rings is 1. The van der Waals surface area contributed by atoms with Crippen molar-refractivity contribution in [2.24, 2.45) is 0 Å². The molecule has 2 fully saturated rings. The second-order valence-corrected chi connectivity index (χ2v) is 6.61. The lowest BCUT2D eigenvalue weighted by atomic mass is 10.1. The number of nitrogens with zero attached hydrogens (tertiary/aromatic N) is 4. The molecule has 0 aromatic heterocycles. The van der Waals surface area contributed by atoms with E-state index in [9.17, 15) is 9.59 Å². The SMILES string of the molecule is CN(C)c1cccc(C(=O)N2CCN(C(=O)N3CCOCC3)CC2)c1. The maximum Gasteiger partial charge on any atom is 0.320 e. The van der Waals surface area contributed by atoms with E-state index in [4.69, 9.17) is 4.74 Å². The summed E-state index contributed by atoms with van der Waals surface area (Å²) in [5.74, 6) is 0.0298. The Kier molecular flexibility index (Phi) is 5.43. The van der Waals surface area contributed by atoms with Crippen LogP contribution in [0.15, 0.2) is 24.3 Å². The first-order chi connectivity index (χ1) is 12.1. The van der Waals surface area contributed by atoms with E-state index in [1.54, 1.807) is 0 Å². The monoisotopic (exact) mass is 346 g/mol. The predicted octanol–water partition coefficient (Wildman–Crippen LogP) is 0.963. The number of piperazine rings is 1. The average Bonchev–Trinajstić information content (AvgIpc) is 2.67. The van der Waals surface area contributed by atoms with E-state index in [-0.39, 0.29) is 11.9 Å². The molecule has 2 aliphatic heterocycles.